The lowest BCUT2D eigenvalue weighted by molar-refractivity contribution is -0.132. The van der Waals surface area contributed by atoms with E-state index < -0.39 is 36.4 Å². The number of carbonyl (C=O) groups excluding carboxylic acids is 2. The van der Waals surface area contributed by atoms with E-state index in [2.05, 4.69) is 15.9 Å². The molecular weight excluding hydrogens is 616 g/mol. The van der Waals surface area contributed by atoms with Gasteiger partial charge in [0.1, 0.15) is 11.8 Å². The molecule has 0 radical (unpaired) electrons. The SMILES string of the molecule is COc1c(C)cc2c(c1O)[C@H]1[C@@H]3Cc4c(OC(C)=O)c(C)c5c(c4[C@H](CN4C(=O)c6ccccc6C4O)N3[C@@H](C#N)[C@H](C2)N1C)OCO5. The quantitative estimate of drug-likeness (QED) is 0.315. The number of benzene rings is 3. The van der Waals surface area contributed by atoms with Crippen molar-refractivity contribution in [2.75, 3.05) is 27.5 Å². The first-order valence-electron chi connectivity index (χ1n) is 16.1. The largest absolute Gasteiger partial charge is 0.504 e. The smallest absolute Gasteiger partial charge is 0.308 e. The van der Waals surface area contributed by atoms with Gasteiger partial charge in [-0.3, -0.25) is 19.4 Å². The zero-order valence-electron chi connectivity index (χ0n) is 27.3. The predicted molar refractivity (Wildman–Crippen MR) is 170 cm³/mol. The number of fused-ring (bicyclic) bond motifs is 10. The summed E-state index contributed by atoms with van der Waals surface area (Å²) in [6.45, 7) is 5.01. The van der Waals surface area contributed by atoms with Crippen LogP contribution in [0.3, 0.4) is 0 Å². The van der Waals surface area contributed by atoms with Crippen LogP contribution in [0.1, 0.15) is 74.5 Å². The van der Waals surface area contributed by atoms with Crippen molar-refractivity contribution in [1.82, 2.24) is 14.7 Å². The number of piperazine rings is 1. The minimum Gasteiger partial charge on any atom is -0.504 e. The maximum Gasteiger partial charge on any atom is 0.308 e. The number of aromatic hydroxyl groups is 1. The maximum atomic E-state index is 13.9. The van der Waals surface area contributed by atoms with Crippen LogP contribution < -0.4 is 18.9 Å². The number of aliphatic hydroxyl groups is 1. The molecule has 0 saturated carbocycles. The molecule has 48 heavy (non-hydrogen) atoms. The number of nitriles is 1. The Kier molecular flexibility index (Phi) is 6.89. The fourth-order valence-electron chi connectivity index (χ4n) is 9.01. The van der Waals surface area contributed by atoms with Crippen molar-refractivity contribution in [3.63, 3.8) is 0 Å². The highest BCUT2D eigenvalue weighted by Gasteiger charge is 2.57. The first-order chi connectivity index (χ1) is 23.1. The van der Waals surface area contributed by atoms with E-state index in [9.17, 15) is 25.1 Å². The van der Waals surface area contributed by atoms with Crippen molar-refractivity contribution in [3.8, 4) is 34.8 Å². The third kappa shape index (κ3) is 4.04. The molecule has 3 aromatic carbocycles. The normalized spacial score (nSPS) is 26.7. The van der Waals surface area contributed by atoms with E-state index in [0.717, 1.165) is 16.7 Å². The van der Waals surface area contributed by atoms with Gasteiger partial charge in [-0.15, -0.1) is 0 Å². The van der Waals surface area contributed by atoms with Crippen molar-refractivity contribution >= 4 is 11.9 Å². The standard InChI is InChI=1S/C36H36N4O8/c1-16-10-19-11-23-25(13-37)40-24(29(38(23)4)27(19)30(42)31(16)45-5)12-22-28(34-33(46-15-47-34)17(2)32(22)48-18(3)41)26(40)14-39-35(43)20-8-6-7-9-21(20)36(39)44/h6-10,23-26,29,35,42-43H,11-12,14-15H2,1-5H3/t23-,24-,25-,26-,29+,35?/m0/s1. The molecule has 5 heterocycles. The lowest BCUT2D eigenvalue weighted by Crippen LogP contribution is -2.68. The summed E-state index contributed by atoms with van der Waals surface area (Å²) in [4.78, 5) is 32.1. The van der Waals surface area contributed by atoms with Crippen LogP contribution >= 0.6 is 0 Å². The maximum absolute atomic E-state index is 13.9. The first-order valence-corrected chi connectivity index (χ1v) is 16.1. The lowest BCUT2D eigenvalue weighted by Gasteiger charge is -2.60. The fourth-order valence-corrected chi connectivity index (χ4v) is 9.01. The van der Waals surface area contributed by atoms with Gasteiger partial charge in [0, 0.05) is 58.9 Å². The van der Waals surface area contributed by atoms with E-state index in [-0.39, 0.29) is 31.0 Å². The molecule has 6 atom stereocenters. The van der Waals surface area contributed by atoms with Crippen molar-refractivity contribution in [1.29, 1.82) is 5.26 Å². The number of phenols is 1. The van der Waals surface area contributed by atoms with Crippen molar-refractivity contribution in [2.24, 2.45) is 0 Å². The van der Waals surface area contributed by atoms with Crippen LogP contribution in [0.2, 0.25) is 0 Å². The second kappa shape index (κ2) is 10.8. The third-order valence-corrected chi connectivity index (χ3v) is 10.9. The molecule has 248 valence electrons. The van der Waals surface area contributed by atoms with E-state index in [4.69, 9.17) is 18.9 Å². The summed E-state index contributed by atoms with van der Waals surface area (Å²) in [5.74, 6) is 0.888. The third-order valence-electron chi connectivity index (χ3n) is 10.9. The summed E-state index contributed by atoms with van der Waals surface area (Å²) < 4.78 is 23.6. The summed E-state index contributed by atoms with van der Waals surface area (Å²) in [5, 5.41) is 34.2. The van der Waals surface area contributed by atoms with Crippen LogP contribution in [0.25, 0.3) is 0 Å². The topological polar surface area (TPSA) is 145 Å². The van der Waals surface area contributed by atoms with E-state index in [1.807, 2.05) is 27.0 Å². The number of aryl methyl sites for hydroxylation is 1. The Hall–Kier alpha value is -4.83. The van der Waals surface area contributed by atoms with E-state index in [1.165, 1.54) is 18.9 Å². The molecular formula is C36H36N4O8. The number of esters is 1. The van der Waals surface area contributed by atoms with E-state index >= 15 is 0 Å². The van der Waals surface area contributed by atoms with E-state index in [0.29, 0.717) is 63.7 Å². The van der Waals surface area contributed by atoms with Gasteiger partial charge in [-0.25, -0.2) is 0 Å². The van der Waals surface area contributed by atoms with Gasteiger partial charge < -0.3 is 34.1 Å². The number of carbonyl (C=O) groups is 2. The van der Waals surface area contributed by atoms with E-state index in [1.54, 1.807) is 24.3 Å². The zero-order chi connectivity index (χ0) is 33.8. The van der Waals surface area contributed by atoms with Gasteiger partial charge in [0.15, 0.2) is 29.2 Å². The van der Waals surface area contributed by atoms with Crippen LogP contribution in [0, 0.1) is 25.2 Å². The van der Waals surface area contributed by atoms with Gasteiger partial charge in [-0.1, -0.05) is 24.3 Å². The van der Waals surface area contributed by atoms with Crippen molar-refractivity contribution in [2.45, 2.75) is 70.0 Å². The Bertz CT molecular complexity index is 1960. The molecule has 5 aliphatic rings. The average Bonchev–Trinajstić information content (AvgIpc) is 3.64. The average molecular weight is 653 g/mol. The number of hydrogen-bond donors (Lipinski definition) is 2. The van der Waals surface area contributed by atoms with Gasteiger partial charge in [0.2, 0.25) is 6.79 Å². The number of hydrogen-bond acceptors (Lipinski definition) is 11. The van der Waals surface area contributed by atoms with Crippen LogP contribution in [0.15, 0.2) is 30.3 Å². The highest BCUT2D eigenvalue weighted by molar-refractivity contribution is 5.99. The van der Waals surface area contributed by atoms with Crippen molar-refractivity contribution < 1.29 is 38.7 Å². The summed E-state index contributed by atoms with van der Waals surface area (Å²) in [6.07, 6.45) is -0.369. The molecule has 5 aliphatic heterocycles. The molecule has 1 amide bonds. The summed E-state index contributed by atoms with van der Waals surface area (Å²) in [5.41, 5.74) is 5.37. The molecule has 2 bridgehead atoms. The Morgan fingerprint density at radius 3 is 2.56 bits per heavy atom. The Morgan fingerprint density at radius 2 is 1.85 bits per heavy atom. The Morgan fingerprint density at radius 1 is 1.10 bits per heavy atom. The molecule has 3 aromatic rings. The molecule has 0 aromatic heterocycles. The van der Waals surface area contributed by atoms with Crippen LogP contribution in [-0.2, 0) is 17.6 Å². The number of phenolic OH excluding ortho intramolecular Hbond substituents is 1. The minimum absolute atomic E-state index is 0.00788. The highest BCUT2D eigenvalue weighted by atomic mass is 16.7. The summed E-state index contributed by atoms with van der Waals surface area (Å²) in [7, 11) is 3.50. The number of amides is 1. The van der Waals surface area contributed by atoms with Gasteiger partial charge >= 0.3 is 5.97 Å². The van der Waals surface area contributed by atoms with Crippen LogP contribution in [0.5, 0.6) is 28.7 Å². The highest BCUT2D eigenvalue weighted by Crippen LogP contribution is 2.59. The molecule has 8 rings (SSSR count). The molecule has 1 unspecified atom stereocenters. The molecule has 2 N–H and O–H groups in total. The number of rotatable bonds is 4. The van der Waals surface area contributed by atoms with Crippen LogP contribution in [-0.4, -0.2) is 82.4 Å². The van der Waals surface area contributed by atoms with Gasteiger partial charge in [-0.2, -0.15) is 5.26 Å². The number of ether oxygens (including phenoxy) is 4. The molecule has 1 saturated heterocycles. The molecule has 1 fully saturated rings. The predicted octanol–water partition coefficient (Wildman–Crippen LogP) is 3.59. The molecule has 0 spiro atoms. The van der Waals surface area contributed by atoms with Gasteiger partial charge in [-0.05, 0) is 50.9 Å². The summed E-state index contributed by atoms with van der Waals surface area (Å²) >= 11 is 0. The number of likely N-dealkylation sites (N-methyl/N-ethyl adjacent to an activating group) is 1. The minimum atomic E-state index is -1.20. The number of methoxy groups -OCH3 is 1. The van der Waals surface area contributed by atoms with Crippen molar-refractivity contribution in [3.05, 3.63) is 74.8 Å². The van der Waals surface area contributed by atoms with Crippen LogP contribution in [0.4, 0.5) is 0 Å². The Labute approximate surface area is 277 Å². The zero-order valence-corrected chi connectivity index (χ0v) is 27.3. The second-order valence-corrected chi connectivity index (χ2v) is 13.3. The lowest BCUT2D eigenvalue weighted by atomic mass is 9.71. The number of nitrogens with zero attached hydrogens (tertiary/aromatic N) is 4. The summed E-state index contributed by atoms with van der Waals surface area (Å²) in [6, 6.07) is 9.17. The monoisotopic (exact) mass is 652 g/mol. The first kappa shape index (κ1) is 30.5. The van der Waals surface area contributed by atoms with Gasteiger partial charge in [0.25, 0.3) is 5.91 Å². The molecule has 0 aliphatic carbocycles. The number of aliphatic hydroxyl groups excluding tert-OH is 1. The second-order valence-electron chi connectivity index (χ2n) is 13.3. The Balaban J connectivity index is 1.37. The molecule has 12 heteroatoms. The van der Waals surface area contributed by atoms with Gasteiger partial charge in [0.05, 0.1) is 25.3 Å². The molecule has 12 nitrogen and oxygen atoms in total. The fraction of sp³-hybridized carbons (Fsp3) is 0.417.